The maximum atomic E-state index is 13.7. The van der Waals surface area contributed by atoms with Crippen LogP contribution < -0.4 is 9.64 Å². The van der Waals surface area contributed by atoms with Gasteiger partial charge in [-0.1, -0.05) is 23.7 Å². The van der Waals surface area contributed by atoms with Crippen LogP contribution in [0.1, 0.15) is 21.8 Å². The van der Waals surface area contributed by atoms with Crippen LogP contribution in [0.2, 0.25) is 5.02 Å². The third-order valence-corrected chi connectivity index (χ3v) is 8.39. The first-order valence-corrected chi connectivity index (χ1v) is 12.7. The van der Waals surface area contributed by atoms with E-state index in [1.165, 1.54) is 11.3 Å². The van der Waals surface area contributed by atoms with E-state index in [2.05, 4.69) is 4.98 Å². The van der Waals surface area contributed by atoms with Crippen LogP contribution in [0.25, 0.3) is 10.6 Å². The van der Waals surface area contributed by atoms with E-state index in [0.717, 1.165) is 5.56 Å². The van der Waals surface area contributed by atoms with Gasteiger partial charge in [-0.05, 0) is 49.7 Å². The maximum absolute atomic E-state index is 13.7. The van der Waals surface area contributed by atoms with Crippen molar-refractivity contribution in [3.05, 3.63) is 64.1 Å². The molecule has 0 radical (unpaired) electrons. The average Bonchev–Trinajstić information content (AvgIpc) is 3.30. The molecular formula is C22H21ClN2O4S2. The third-order valence-electron chi connectivity index (χ3n) is 5.21. The van der Waals surface area contributed by atoms with Crippen LogP contribution in [-0.4, -0.2) is 44.0 Å². The molecule has 1 aliphatic rings. The molecule has 2 aromatic carbocycles. The summed E-state index contributed by atoms with van der Waals surface area (Å²) in [4.78, 5) is 20.3. The van der Waals surface area contributed by atoms with Crippen LogP contribution in [0.15, 0.2) is 48.5 Å². The van der Waals surface area contributed by atoms with Gasteiger partial charge in [-0.15, -0.1) is 11.3 Å². The molecule has 1 saturated heterocycles. The standard InChI is InChI=1S/C22H21ClN2O4S2/c1-14-20(30-21(24-14)15-4-3-5-16(23)12-15)22(26)25(18-10-11-31(27,28)13-18)17-6-8-19(29-2)9-7-17/h3-9,12,18H,10-11,13H2,1-2H3/t18-/m1/s1. The van der Waals surface area contributed by atoms with Gasteiger partial charge in [0.1, 0.15) is 15.6 Å². The highest BCUT2D eigenvalue weighted by atomic mass is 35.5. The monoisotopic (exact) mass is 476 g/mol. The highest BCUT2D eigenvalue weighted by Crippen LogP contribution is 2.33. The summed E-state index contributed by atoms with van der Waals surface area (Å²) in [6.45, 7) is 1.79. The molecule has 2 heterocycles. The normalized spacial score (nSPS) is 17.5. The van der Waals surface area contributed by atoms with Gasteiger partial charge in [-0.3, -0.25) is 4.79 Å². The summed E-state index contributed by atoms with van der Waals surface area (Å²) in [6.07, 6.45) is 0.402. The summed E-state index contributed by atoms with van der Waals surface area (Å²) in [7, 11) is -1.61. The zero-order valence-electron chi connectivity index (χ0n) is 17.0. The largest absolute Gasteiger partial charge is 0.497 e. The highest BCUT2D eigenvalue weighted by Gasteiger charge is 2.37. The molecule has 1 amide bonds. The molecule has 1 fully saturated rings. The zero-order valence-corrected chi connectivity index (χ0v) is 19.4. The minimum absolute atomic E-state index is 0.0518. The number of sulfone groups is 1. The second-order valence-electron chi connectivity index (χ2n) is 7.37. The molecule has 1 aromatic heterocycles. The van der Waals surface area contributed by atoms with Crippen molar-refractivity contribution in [2.45, 2.75) is 19.4 Å². The third kappa shape index (κ3) is 4.61. The highest BCUT2D eigenvalue weighted by molar-refractivity contribution is 7.91. The van der Waals surface area contributed by atoms with Gasteiger partial charge in [0, 0.05) is 16.3 Å². The second kappa shape index (κ2) is 8.61. The Balaban J connectivity index is 1.73. The van der Waals surface area contributed by atoms with E-state index in [-0.39, 0.29) is 17.4 Å². The number of nitrogens with zero attached hydrogens (tertiary/aromatic N) is 2. The van der Waals surface area contributed by atoms with E-state index in [1.807, 2.05) is 12.1 Å². The van der Waals surface area contributed by atoms with Gasteiger partial charge in [0.05, 0.1) is 30.4 Å². The van der Waals surface area contributed by atoms with Crippen LogP contribution >= 0.6 is 22.9 Å². The van der Waals surface area contributed by atoms with Crippen molar-refractivity contribution < 1.29 is 17.9 Å². The van der Waals surface area contributed by atoms with E-state index in [9.17, 15) is 13.2 Å². The first kappa shape index (κ1) is 21.8. The number of anilines is 1. The predicted molar refractivity (Wildman–Crippen MR) is 124 cm³/mol. The Morgan fingerprint density at radius 2 is 1.97 bits per heavy atom. The molecule has 0 saturated carbocycles. The summed E-state index contributed by atoms with van der Waals surface area (Å²) in [6, 6.07) is 14.0. The van der Waals surface area contributed by atoms with Crippen LogP contribution in [0, 0.1) is 6.92 Å². The number of hydrogen-bond donors (Lipinski definition) is 0. The smallest absolute Gasteiger partial charge is 0.270 e. The minimum atomic E-state index is -3.18. The lowest BCUT2D eigenvalue weighted by atomic mass is 10.1. The SMILES string of the molecule is COc1ccc(N(C(=O)c2sc(-c3cccc(Cl)c3)nc2C)[C@@H]2CCS(=O)(=O)C2)cc1. The molecule has 0 aliphatic carbocycles. The Morgan fingerprint density at radius 1 is 1.23 bits per heavy atom. The van der Waals surface area contributed by atoms with Crippen molar-refractivity contribution in [3.8, 4) is 16.3 Å². The number of halogens is 1. The van der Waals surface area contributed by atoms with Crippen LogP contribution in [0.5, 0.6) is 5.75 Å². The number of aryl methyl sites for hydroxylation is 1. The molecule has 1 aliphatic heterocycles. The Labute approximate surface area is 190 Å². The Kier molecular flexibility index (Phi) is 6.05. The predicted octanol–water partition coefficient (Wildman–Crippen LogP) is 4.61. The minimum Gasteiger partial charge on any atom is -0.497 e. The number of aromatic nitrogens is 1. The van der Waals surface area contributed by atoms with Crippen molar-refractivity contribution in [3.63, 3.8) is 0 Å². The Bertz CT molecular complexity index is 1220. The average molecular weight is 477 g/mol. The van der Waals surface area contributed by atoms with E-state index < -0.39 is 15.9 Å². The van der Waals surface area contributed by atoms with Crippen LogP contribution in [0.4, 0.5) is 5.69 Å². The molecule has 0 bridgehead atoms. The summed E-state index contributed by atoms with van der Waals surface area (Å²) in [5, 5.41) is 1.28. The molecule has 0 unspecified atom stereocenters. The zero-order chi connectivity index (χ0) is 22.2. The van der Waals surface area contributed by atoms with Gasteiger partial charge in [-0.2, -0.15) is 0 Å². The van der Waals surface area contributed by atoms with Crippen LogP contribution in [-0.2, 0) is 9.84 Å². The summed E-state index contributed by atoms with van der Waals surface area (Å²) in [5.74, 6) is 0.430. The fourth-order valence-electron chi connectivity index (χ4n) is 3.66. The summed E-state index contributed by atoms with van der Waals surface area (Å²) in [5.41, 5.74) is 2.06. The first-order valence-electron chi connectivity index (χ1n) is 9.69. The lowest BCUT2D eigenvalue weighted by molar-refractivity contribution is 0.0982. The molecule has 3 aromatic rings. The van der Waals surface area contributed by atoms with Crippen LogP contribution in [0.3, 0.4) is 0 Å². The number of carbonyl (C=O) groups is 1. The second-order valence-corrected chi connectivity index (χ2v) is 11.0. The van der Waals surface area contributed by atoms with Crippen molar-refractivity contribution >= 4 is 44.4 Å². The molecular weight excluding hydrogens is 456 g/mol. The maximum Gasteiger partial charge on any atom is 0.270 e. The van der Waals surface area contributed by atoms with E-state index in [0.29, 0.717) is 38.5 Å². The summed E-state index contributed by atoms with van der Waals surface area (Å²) >= 11 is 7.39. The number of rotatable bonds is 5. The Morgan fingerprint density at radius 3 is 2.58 bits per heavy atom. The fraction of sp³-hybridized carbons (Fsp3) is 0.273. The molecule has 0 spiro atoms. The van der Waals surface area contributed by atoms with Gasteiger partial charge in [0.15, 0.2) is 9.84 Å². The van der Waals surface area contributed by atoms with Gasteiger partial charge in [0.2, 0.25) is 0 Å². The first-order chi connectivity index (χ1) is 14.8. The van der Waals surface area contributed by atoms with Gasteiger partial charge < -0.3 is 9.64 Å². The van der Waals surface area contributed by atoms with Gasteiger partial charge in [0.25, 0.3) is 5.91 Å². The number of carbonyl (C=O) groups excluding carboxylic acids is 1. The topological polar surface area (TPSA) is 76.6 Å². The molecule has 162 valence electrons. The molecule has 6 nitrogen and oxygen atoms in total. The van der Waals surface area contributed by atoms with E-state index in [4.69, 9.17) is 16.3 Å². The van der Waals surface area contributed by atoms with Crippen molar-refractivity contribution in [1.29, 1.82) is 0 Å². The molecule has 31 heavy (non-hydrogen) atoms. The number of thiazole rings is 1. The van der Waals surface area contributed by atoms with Crippen molar-refractivity contribution in [2.75, 3.05) is 23.5 Å². The number of amides is 1. The number of methoxy groups -OCH3 is 1. The van der Waals surface area contributed by atoms with E-state index in [1.54, 1.807) is 55.3 Å². The molecule has 4 rings (SSSR count). The number of hydrogen-bond acceptors (Lipinski definition) is 6. The Hall–Kier alpha value is -2.42. The molecule has 1 atom stereocenters. The van der Waals surface area contributed by atoms with Gasteiger partial charge >= 0.3 is 0 Å². The van der Waals surface area contributed by atoms with Crippen molar-refractivity contribution in [2.24, 2.45) is 0 Å². The number of ether oxygens (including phenoxy) is 1. The van der Waals surface area contributed by atoms with Crippen molar-refractivity contribution in [1.82, 2.24) is 4.98 Å². The summed E-state index contributed by atoms with van der Waals surface area (Å²) < 4.78 is 29.5. The van der Waals surface area contributed by atoms with Gasteiger partial charge in [-0.25, -0.2) is 13.4 Å². The number of benzene rings is 2. The fourth-order valence-corrected chi connectivity index (χ4v) is 6.55. The lowest BCUT2D eigenvalue weighted by Crippen LogP contribution is -2.41. The molecule has 9 heteroatoms. The molecule has 0 N–H and O–H groups in total. The quantitative estimate of drug-likeness (QED) is 0.537. The van der Waals surface area contributed by atoms with E-state index >= 15 is 0 Å². The lowest BCUT2D eigenvalue weighted by Gasteiger charge is -2.28.